The van der Waals surface area contributed by atoms with Crippen LogP contribution in [0.1, 0.15) is 18.5 Å². The van der Waals surface area contributed by atoms with Crippen molar-refractivity contribution in [2.24, 2.45) is 5.73 Å². The highest BCUT2D eigenvalue weighted by Gasteiger charge is 2.00. The van der Waals surface area contributed by atoms with Crippen LogP contribution in [0.2, 0.25) is 0 Å². The standard InChI is InChI=1S/C10H14FNO/c1-8(12)9-3-2-4-10(7-9)13-6-5-11/h2-4,7-8H,5-6,12H2,1H3/t8-/m1/s1. The molecule has 1 rings (SSSR count). The number of rotatable bonds is 4. The fraction of sp³-hybridized carbons (Fsp3) is 0.400. The van der Waals surface area contributed by atoms with Crippen LogP contribution in [0.3, 0.4) is 0 Å². The molecule has 0 saturated carbocycles. The molecule has 2 N–H and O–H groups in total. The molecule has 0 bridgehead atoms. The Morgan fingerprint density at radius 1 is 1.54 bits per heavy atom. The zero-order valence-corrected chi connectivity index (χ0v) is 7.66. The molecule has 72 valence electrons. The van der Waals surface area contributed by atoms with Gasteiger partial charge in [0.05, 0.1) is 0 Å². The van der Waals surface area contributed by atoms with E-state index in [0.29, 0.717) is 5.75 Å². The molecular formula is C10H14FNO. The fourth-order valence-electron chi connectivity index (χ4n) is 1.04. The Kier molecular flexibility index (Phi) is 3.71. The molecule has 0 aliphatic rings. The minimum absolute atomic E-state index is 0.0195. The molecule has 0 fully saturated rings. The lowest BCUT2D eigenvalue weighted by Crippen LogP contribution is -2.05. The Balaban J connectivity index is 2.68. The SMILES string of the molecule is C[C@@H](N)c1cccc(OCCF)c1. The van der Waals surface area contributed by atoms with Crippen molar-refractivity contribution in [2.45, 2.75) is 13.0 Å². The highest BCUT2D eigenvalue weighted by molar-refractivity contribution is 5.30. The lowest BCUT2D eigenvalue weighted by atomic mass is 10.1. The first-order valence-corrected chi connectivity index (χ1v) is 4.28. The first kappa shape index (κ1) is 9.99. The minimum Gasteiger partial charge on any atom is -0.491 e. The van der Waals surface area contributed by atoms with Gasteiger partial charge in [0.1, 0.15) is 19.0 Å². The van der Waals surface area contributed by atoms with Crippen molar-refractivity contribution in [1.29, 1.82) is 0 Å². The van der Waals surface area contributed by atoms with E-state index in [0.717, 1.165) is 5.56 Å². The Labute approximate surface area is 77.5 Å². The number of benzene rings is 1. The van der Waals surface area contributed by atoms with E-state index >= 15 is 0 Å². The number of ether oxygens (including phenoxy) is 1. The summed E-state index contributed by atoms with van der Waals surface area (Å²) in [6, 6.07) is 7.38. The lowest BCUT2D eigenvalue weighted by Gasteiger charge is -2.08. The van der Waals surface area contributed by atoms with Crippen LogP contribution in [0.5, 0.6) is 5.75 Å². The first-order chi connectivity index (χ1) is 6.24. The van der Waals surface area contributed by atoms with Crippen molar-refractivity contribution in [2.75, 3.05) is 13.3 Å². The van der Waals surface area contributed by atoms with Crippen molar-refractivity contribution in [3.63, 3.8) is 0 Å². The minimum atomic E-state index is -0.470. The van der Waals surface area contributed by atoms with Crippen LogP contribution in [0.25, 0.3) is 0 Å². The number of alkyl halides is 1. The van der Waals surface area contributed by atoms with Crippen molar-refractivity contribution in [3.05, 3.63) is 29.8 Å². The van der Waals surface area contributed by atoms with Gasteiger partial charge in [0.25, 0.3) is 0 Å². The van der Waals surface area contributed by atoms with E-state index in [9.17, 15) is 4.39 Å². The third kappa shape index (κ3) is 3.03. The number of nitrogens with two attached hydrogens (primary N) is 1. The van der Waals surface area contributed by atoms with Gasteiger partial charge in [-0.05, 0) is 24.6 Å². The summed E-state index contributed by atoms with van der Waals surface area (Å²) in [5, 5.41) is 0. The highest BCUT2D eigenvalue weighted by Crippen LogP contribution is 2.17. The predicted octanol–water partition coefficient (Wildman–Crippen LogP) is 2.05. The van der Waals surface area contributed by atoms with Gasteiger partial charge >= 0.3 is 0 Å². The van der Waals surface area contributed by atoms with Gasteiger partial charge in [-0.2, -0.15) is 0 Å². The van der Waals surface area contributed by atoms with Gasteiger partial charge < -0.3 is 10.5 Å². The van der Waals surface area contributed by atoms with Crippen molar-refractivity contribution >= 4 is 0 Å². The van der Waals surface area contributed by atoms with E-state index in [4.69, 9.17) is 10.5 Å². The molecule has 3 heteroatoms. The molecule has 1 atom stereocenters. The maximum absolute atomic E-state index is 11.8. The van der Waals surface area contributed by atoms with Gasteiger partial charge in [0.15, 0.2) is 0 Å². The average molecular weight is 183 g/mol. The second kappa shape index (κ2) is 4.82. The summed E-state index contributed by atoms with van der Waals surface area (Å²) in [5.41, 5.74) is 6.68. The van der Waals surface area contributed by atoms with E-state index in [-0.39, 0.29) is 12.6 Å². The second-order valence-electron chi connectivity index (χ2n) is 2.90. The largest absolute Gasteiger partial charge is 0.491 e. The normalized spacial score (nSPS) is 12.5. The number of hydrogen-bond donors (Lipinski definition) is 1. The Bertz CT molecular complexity index is 263. The molecule has 0 aliphatic carbocycles. The zero-order valence-electron chi connectivity index (χ0n) is 7.66. The summed E-state index contributed by atoms with van der Waals surface area (Å²) < 4.78 is 16.9. The quantitative estimate of drug-likeness (QED) is 0.775. The van der Waals surface area contributed by atoms with Gasteiger partial charge in [-0.3, -0.25) is 0 Å². The number of halogens is 1. The molecule has 0 saturated heterocycles. The Hall–Kier alpha value is -1.09. The third-order valence-corrected chi connectivity index (χ3v) is 1.73. The van der Waals surface area contributed by atoms with Crippen LogP contribution in [-0.2, 0) is 0 Å². The van der Waals surface area contributed by atoms with Crippen LogP contribution in [0.4, 0.5) is 4.39 Å². The van der Waals surface area contributed by atoms with Crippen molar-refractivity contribution in [3.8, 4) is 5.75 Å². The molecule has 1 aromatic rings. The molecule has 1 aromatic carbocycles. The molecule has 0 radical (unpaired) electrons. The van der Waals surface area contributed by atoms with Gasteiger partial charge in [0.2, 0.25) is 0 Å². The smallest absolute Gasteiger partial charge is 0.123 e. The Morgan fingerprint density at radius 3 is 2.92 bits per heavy atom. The zero-order chi connectivity index (χ0) is 9.68. The maximum atomic E-state index is 11.8. The van der Waals surface area contributed by atoms with Gasteiger partial charge in [-0.25, -0.2) is 4.39 Å². The molecule has 2 nitrogen and oxygen atoms in total. The first-order valence-electron chi connectivity index (χ1n) is 4.28. The lowest BCUT2D eigenvalue weighted by molar-refractivity contribution is 0.273. The van der Waals surface area contributed by atoms with E-state index < -0.39 is 6.67 Å². The highest BCUT2D eigenvalue weighted by atomic mass is 19.1. The summed E-state index contributed by atoms with van der Waals surface area (Å²) in [4.78, 5) is 0. The molecular weight excluding hydrogens is 169 g/mol. The fourth-order valence-corrected chi connectivity index (χ4v) is 1.04. The average Bonchev–Trinajstić information content (AvgIpc) is 2.15. The molecule has 0 aliphatic heterocycles. The maximum Gasteiger partial charge on any atom is 0.123 e. The predicted molar refractivity (Wildman–Crippen MR) is 50.5 cm³/mol. The summed E-state index contributed by atoms with van der Waals surface area (Å²) in [6.07, 6.45) is 0. The monoisotopic (exact) mass is 183 g/mol. The van der Waals surface area contributed by atoms with E-state index in [1.165, 1.54) is 0 Å². The third-order valence-electron chi connectivity index (χ3n) is 1.73. The van der Waals surface area contributed by atoms with E-state index in [2.05, 4.69) is 0 Å². The summed E-state index contributed by atoms with van der Waals surface area (Å²) in [5.74, 6) is 0.674. The summed E-state index contributed by atoms with van der Waals surface area (Å²) >= 11 is 0. The van der Waals surface area contributed by atoms with Crippen LogP contribution < -0.4 is 10.5 Å². The van der Waals surface area contributed by atoms with Crippen LogP contribution in [-0.4, -0.2) is 13.3 Å². The second-order valence-corrected chi connectivity index (χ2v) is 2.90. The van der Waals surface area contributed by atoms with E-state index in [1.54, 1.807) is 6.07 Å². The molecule has 0 aromatic heterocycles. The van der Waals surface area contributed by atoms with E-state index in [1.807, 2.05) is 25.1 Å². The van der Waals surface area contributed by atoms with Crippen LogP contribution >= 0.6 is 0 Å². The molecule has 13 heavy (non-hydrogen) atoms. The molecule has 0 amide bonds. The number of hydrogen-bond acceptors (Lipinski definition) is 2. The molecule has 0 spiro atoms. The van der Waals surface area contributed by atoms with Crippen molar-refractivity contribution in [1.82, 2.24) is 0 Å². The Morgan fingerprint density at radius 2 is 2.31 bits per heavy atom. The van der Waals surface area contributed by atoms with Crippen LogP contribution in [0.15, 0.2) is 24.3 Å². The summed E-state index contributed by atoms with van der Waals surface area (Å²) in [6.45, 7) is 1.53. The van der Waals surface area contributed by atoms with Gasteiger partial charge in [0, 0.05) is 6.04 Å². The van der Waals surface area contributed by atoms with Crippen molar-refractivity contribution < 1.29 is 9.13 Å². The van der Waals surface area contributed by atoms with Gasteiger partial charge in [-0.15, -0.1) is 0 Å². The molecule has 0 unspecified atom stereocenters. The topological polar surface area (TPSA) is 35.2 Å². The van der Waals surface area contributed by atoms with Crippen LogP contribution in [0, 0.1) is 0 Å². The summed E-state index contributed by atoms with van der Waals surface area (Å²) in [7, 11) is 0. The van der Waals surface area contributed by atoms with Gasteiger partial charge in [-0.1, -0.05) is 12.1 Å². The molecule has 0 heterocycles.